The van der Waals surface area contributed by atoms with E-state index in [1.807, 2.05) is 41.5 Å². The van der Waals surface area contributed by atoms with Crippen molar-refractivity contribution in [1.29, 1.82) is 0 Å². The monoisotopic (exact) mass is 381 g/mol. The van der Waals surface area contributed by atoms with Crippen LogP contribution in [0.25, 0.3) is 0 Å². The van der Waals surface area contributed by atoms with Gasteiger partial charge in [-0.1, -0.05) is 6.08 Å². The van der Waals surface area contributed by atoms with E-state index < -0.39 is 17.3 Å². The standard InChI is InChI=1S/C21H35NO5/c1-19(2,3)26-17(23)11-21(13-22-18(24)27-20(4,5)6)10-15-8-14(12-25-7)9-16(15)21/h9,15-16H,8,10-13H2,1-7H3,(H,22,24)/t15-,16-,21-/m0/s1. The molecule has 3 atom stereocenters. The SMILES string of the molecule is COCC1=C[C@H]2[C@@H](C1)C[C@@]2(CNC(=O)OC(C)(C)C)CC(=O)OC(C)(C)C. The van der Waals surface area contributed by atoms with E-state index >= 15 is 0 Å². The molecule has 0 heterocycles. The highest BCUT2D eigenvalue weighted by Gasteiger charge is 2.56. The molecule has 0 aromatic heterocycles. The van der Waals surface area contributed by atoms with Gasteiger partial charge in [-0.25, -0.2) is 4.79 Å². The van der Waals surface area contributed by atoms with Gasteiger partial charge >= 0.3 is 12.1 Å². The molecule has 1 N–H and O–H groups in total. The van der Waals surface area contributed by atoms with Gasteiger partial charge in [0.15, 0.2) is 0 Å². The highest BCUT2D eigenvalue weighted by atomic mass is 16.6. The van der Waals surface area contributed by atoms with Gasteiger partial charge in [-0.15, -0.1) is 0 Å². The molecule has 0 radical (unpaired) electrons. The van der Waals surface area contributed by atoms with Crippen molar-refractivity contribution < 1.29 is 23.8 Å². The quantitative estimate of drug-likeness (QED) is 0.559. The first-order valence-corrected chi connectivity index (χ1v) is 9.71. The van der Waals surface area contributed by atoms with Crippen LogP contribution < -0.4 is 5.32 Å². The van der Waals surface area contributed by atoms with Crippen molar-refractivity contribution in [1.82, 2.24) is 5.32 Å². The molecule has 0 spiro atoms. The van der Waals surface area contributed by atoms with Crippen LogP contribution in [0.2, 0.25) is 0 Å². The summed E-state index contributed by atoms with van der Waals surface area (Å²) in [6.45, 7) is 12.1. The zero-order chi connectivity index (χ0) is 20.5. The maximum atomic E-state index is 12.5. The summed E-state index contributed by atoms with van der Waals surface area (Å²) in [5, 5.41) is 2.88. The molecule has 2 rings (SSSR count). The van der Waals surface area contributed by atoms with Gasteiger partial charge in [0.2, 0.25) is 0 Å². The maximum absolute atomic E-state index is 12.5. The Labute approximate surface area is 163 Å². The normalized spacial score (nSPS) is 27.3. The van der Waals surface area contributed by atoms with E-state index in [9.17, 15) is 9.59 Å². The number of nitrogens with one attached hydrogen (secondary N) is 1. The Balaban J connectivity index is 2.08. The first-order valence-electron chi connectivity index (χ1n) is 9.71. The zero-order valence-corrected chi connectivity index (χ0v) is 17.8. The second-order valence-corrected chi connectivity index (χ2v) is 9.93. The minimum Gasteiger partial charge on any atom is -0.460 e. The average Bonchev–Trinajstić information content (AvgIpc) is 2.78. The average molecular weight is 382 g/mol. The summed E-state index contributed by atoms with van der Waals surface area (Å²) in [4.78, 5) is 24.7. The predicted molar refractivity (Wildman–Crippen MR) is 103 cm³/mol. The third-order valence-corrected chi connectivity index (χ3v) is 5.05. The number of carbonyl (C=O) groups excluding carboxylic acids is 2. The summed E-state index contributed by atoms with van der Waals surface area (Å²) in [5.41, 5.74) is -0.119. The number of carbonyl (C=O) groups is 2. The third-order valence-electron chi connectivity index (χ3n) is 5.05. The molecule has 0 aromatic rings. The minimum absolute atomic E-state index is 0.222. The van der Waals surface area contributed by atoms with Crippen LogP contribution in [-0.4, -0.2) is 43.5 Å². The van der Waals surface area contributed by atoms with E-state index in [4.69, 9.17) is 14.2 Å². The van der Waals surface area contributed by atoms with Crippen molar-refractivity contribution >= 4 is 12.1 Å². The molecule has 154 valence electrons. The van der Waals surface area contributed by atoms with Crippen molar-refractivity contribution in [3.63, 3.8) is 0 Å². The number of hydrogen-bond donors (Lipinski definition) is 1. The summed E-state index contributed by atoms with van der Waals surface area (Å²) >= 11 is 0. The van der Waals surface area contributed by atoms with Crippen molar-refractivity contribution in [2.75, 3.05) is 20.3 Å². The van der Waals surface area contributed by atoms with Gasteiger partial charge in [0.1, 0.15) is 11.2 Å². The Morgan fingerprint density at radius 2 is 1.78 bits per heavy atom. The highest BCUT2D eigenvalue weighted by molar-refractivity contribution is 5.72. The van der Waals surface area contributed by atoms with Crippen LogP contribution in [0.4, 0.5) is 4.79 Å². The van der Waals surface area contributed by atoms with E-state index in [1.165, 1.54) is 5.57 Å². The van der Waals surface area contributed by atoms with Gasteiger partial charge in [0.05, 0.1) is 13.0 Å². The topological polar surface area (TPSA) is 73.9 Å². The first kappa shape index (κ1) is 21.7. The van der Waals surface area contributed by atoms with Crippen LogP contribution in [0.3, 0.4) is 0 Å². The smallest absolute Gasteiger partial charge is 0.407 e. The van der Waals surface area contributed by atoms with E-state index in [-0.39, 0.29) is 23.7 Å². The number of methoxy groups -OCH3 is 1. The second kappa shape index (κ2) is 7.82. The van der Waals surface area contributed by atoms with Crippen molar-refractivity contribution in [2.24, 2.45) is 17.3 Å². The Hall–Kier alpha value is -1.56. The van der Waals surface area contributed by atoms with Gasteiger partial charge in [0.25, 0.3) is 0 Å². The fourth-order valence-electron chi connectivity index (χ4n) is 4.26. The molecule has 27 heavy (non-hydrogen) atoms. The number of ether oxygens (including phenoxy) is 3. The molecule has 0 aliphatic heterocycles. The number of alkyl carbamates (subject to hydrolysis) is 1. The van der Waals surface area contributed by atoms with Gasteiger partial charge in [-0.05, 0) is 71.8 Å². The number of esters is 1. The van der Waals surface area contributed by atoms with Gasteiger partial charge in [-0.2, -0.15) is 0 Å². The van der Waals surface area contributed by atoms with Crippen LogP contribution in [0.5, 0.6) is 0 Å². The predicted octanol–water partition coefficient (Wildman–Crippen LogP) is 3.84. The molecule has 1 amide bonds. The van der Waals surface area contributed by atoms with Crippen molar-refractivity contribution in [3.05, 3.63) is 11.6 Å². The van der Waals surface area contributed by atoms with Crippen LogP contribution in [-0.2, 0) is 19.0 Å². The van der Waals surface area contributed by atoms with Crippen LogP contribution in [0, 0.1) is 17.3 Å². The van der Waals surface area contributed by atoms with E-state index in [1.54, 1.807) is 7.11 Å². The summed E-state index contributed by atoms with van der Waals surface area (Å²) in [6, 6.07) is 0. The lowest BCUT2D eigenvalue weighted by molar-refractivity contribution is -0.162. The number of fused-ring (bicyclic) bond motifs is 1. The Morgan fingerprint density at radius 1 is 1.15 bits per heavy atom. The lowest BCUT2D eigenvalue weighted by Gasteiger charge is -2.52. The van der Waals surface area contributed by atoms with E-state index in [0.717, 1.165) is 12.8 Å². The Morgan fingerprint density at radius 3 is 2.33 bits per heavy atom. The third kappa shape index (κ3) is 5.96. The lowest BCUT2D eigenvalue weighted by atomic mass is 9.53. The van der Waals surface area contributed by atoms with Gasteiger partial charge in [-0.3, -0.25) is 4.79 Å². The number of rotatable bonds is 6. The summed E-state index contributed by atoms with van der Waals surface area (Å²) in [5.74, 6) is 0.545. The van der Waals surface area contributed by atoms with Gasteiger partial charge < -0.3 is 19.5 Å². The summed E-state index contributed by atoms with van der Waals surface area (Å²) < 4.78 is 16.2. The largest absolute Gasteiger partial charge is 0.460 e. The molecule has 2 aliphatic carbocycles. The fraction of sp³-hybridized carbons (Fsp3) is 0.810. The second-order valence-electron chi connectivity index (χ2n) is 9.93. The van der Waals surface area contributed by atoms with Crippen LogP contribution in [0.1, 0.15) is 60.8 Å². The number of amides is 1. The molecule has 2 aliphatic rings. The molecule has 1 fully saturated rings. The molecule has 6 heteroatoms. The first-order chi connectivity index (χ1) is 12.3. The molecule has 0 unspecified atom stereocenters. The summed E-state index contributed by atoms with van der Waals surface area (Å²) in [7, 11) is 1.69. The lowest BCUT2D eigenvalue weighted by Crippen LogP contribution is -2.54. The molecule has 6 nitrogen and oxygen atoms in total. The number of hydrogen-bond acceptors (Lipinski definition) is 5. The minimum atomic E-state index is -0.552. The molecule has 0 saturated heterocycles. The maximum Gasteiger partial charge on any atom is 0.407 e. The number of allylic oxidation sites excluding steroid dienone is 1. The molecule has 0 bridgehead atoms. The fourth-order valence-corrected chi connectivity index (χ4v) is 4.26. The molecular formula is C21H35NO5. The Bertz CT molecular complexity index is 599. The van der Waals surface area contributed by atoms with Crippen LogP contribution >= 0.6 is 0 Å². The van der Waals surface area contributed by atoms with Gasteiger partial charge in [0, 0.05) is 19.1 Å². The zero-order valence-electron chi connectivity index (χ0n) is 17.8. The van der Waals surface area contributed by atoms with E-state index in [2.05, 4.69) is 11.4 Å². The molecule has 0 aromatic carbocycles. The molecule has 1 saturated carbocycles. The van der Waals surface area contributed by atoms with Crippen molar-refractivity contribution in [3.8, 4) is 0 Å². The highest BCUT2D eigenvalue weighted by Crippen LogP contribution is 2.59. The van der Waals surface area contributed by atoms with E-state index in [0.29, 0.717) is 19.1 Å². The Kier molecular flexibility index (Phi) is 6.30. The van der Waals surface area contributed by atoms with Crippen molar-refractivity contribution in [2.45, 2.75) is 72.0 Å². The van der Waals surface area contributed by atoms with Crippen LogP contribution in [0.15, 0.2) is 11.6 Å². The molecular weight excluding hydrogens is 346 g/mol. The summed E-state index contributed by atoms with van der Waals surface area (Å²) in [6.07, 6.45) is 3.96.